The summed E-state index contributed by atoms with van der Waals surface area (Å²) in [5, 5.41) is 3.43. The minimum atomic E-state index is 0.600. The molecule has 1 saturated carbocycles. The normalized spacial score (nSPS) is 25.1. The molecular formula is C14H21N3. The Labute approximate surface area is 103 Å². The monoisotopic (exact) mass is 231 g/mol. The van der Waals surface area contributed by atoms with Crippen molar-refractivity contribution in [3.05, 3.63) is 23.9 Å². The summed E-state index contributed by atoms with van der Waals surface area (Å²) in [6, 6.07) is 5.67. The van der Waals surface area contributed by atoms with E-state index < -0.39 is 0 Å². The Balaban J connectivity index is 1.69. The van der Waals surface area contributed by atoms with Crippen LogP contribution in [-0.2, 0) is 0 Å². The number of nitrogens with zero attached hydrogens (tertiary/aromatic N) is 2. The SMILES string of the molecule is CCN1CCC[C@H]1c1ccc(NC2CC2)nc1. The number of rotatable bonds is 4. The van der Waals surface area contributed by atoms with E-state index in [-0.39, 0.29) is 0 Å². The third kappa shape index (κ3) is 2.44. The number of likely N-dealkylation sites (tertiary alicyclic amines) is 1. The highest BCUT2D eigenvalue weighted by molar-refractivity contribution is 5.38. The number of pyridine rings is 1. The lowest BCUT2D eigenvalue weighted by molar-refractivity contribution is 0.271. The number of nitrogens with one attached hydrogen (secondary N) is 1. The van der Waals surface area contributed by atoms with Crippen molar-refractivity contribution in [1.82, 2.24) is 9.88 Å². The van der Waals surface area contributed by atoms with Crippen LogP contribution in [0.25, 0.3) is 0 Å². The molecule has 1 atom stereocenters. The van der Waals surface area contributed by atoms with Crippen LogP contribution in [0.3, 0.4) is 0 Å². The van der Waals surface area contributed by atoms with Crippen LogP contribution < -0.4 is 5.32 Å². The van der Waals surface area contributed by atoms with Gasteiger partial charge in [-0.2, -0.15) is 0 Å². The van der Waals surface area contributed by atoms with E-state index in [0.717, 1.165) is 12.4 Å². The van der Waals surface area contributed by atoms with E-state index in [1.807, 2.05) is 0 Å². The quantitative estimate of drug-likeness (QED) is 0.863. The first-order valence-corrected chi connectivity index (χ1v) is 6.83. The minimum Gasteiger partial charge on any atom is -0.367 e. The molecule has 0 radical (unpaired) electrons. The van der Waals surface area contributed by atoms with Gasteiger partial charge in [0.15, 0.2) is 0 Å². The van der Waals surface area contributed by atoms with Gasteiger partial charge in [-0.3, -0.25) is 4.90 Å². The molecule has 0 aromatic carbocycles. The van der Waals surface area contributed by atoms with E-state index >= 15 is 0 Å². The smallest absolute Gasteiger partial charge is 0.126 e. The summed E-state index contributed by atoms with van der Waals surface area (Å²) in [6.45, 7) is 4.63. The standard InChI is InChI=1S/C14H21N3/c1-2-17-9-3-4-13(17)11-5-8-14(15-10-11)16-12-6-7-12/h5,8,10,12-13H,2-4,6-7,9H2,1H3,(H,15,16)/t13-/m0/s1. The average molecular weight is 231 g/mol. The van der Waals surface area contributed by atoms with Crippen LogP contribution in [0, 0.1) is 0 Å². The van der Waals surface area contributed by atoms with Gasteiger partial charge in [0, 0.05) is 18.3 Å². The third-order valence-electron chi connectivity index (χ3n) is 3.87. The number of hydrogen-bond donors (Lipinski definition) is 1. The van der Waals surface area contributed by atoms with Gasteiger partial charge in [0.2, 0.25) is 0 Å². The van der Waals surface area contributed by atoms with E-state index in [0.29, 0.717) is 12.1 Å². The predicted octanol–water partition coefficient (Wildman–Crippen LogP) is 2.81. The molecule has 3 nitrogen and oxygen atoms in total. The number of aromatic nitrogens is 1. The zero-order valence-electron chi connectivity index (χ0n) is 10.5. The van der Waals surface area contributed by atoms with Crippen molar-refractivity contribution in [2.75, 3.05) is 18.4 Å². The molecule has 3 heteroatoms. The Morgan fingerprint density at radius 2 is 2.24 bits per heavy atom. The van der Waals surface area contributed by atoms with Gasteiger partial charge in [-0.05, 0) is 50.4 Å². The Hall–Kier alpha value is -1.09. The molecule has 0 bridgehead atoms. The van der Waals surface area contributed by atoms with Crippen LogP contribution >= 0.6 is 0 Å². The molecule has 2 aliphatic rings. The van der Waals surface area contributed by atoms with Crippen molar-refractivity contribution in [3.8, 4) is 0 Å². The van der Waals surface area contributed by atoms with E-state index in [1.54, 1.807) is 0 Å². The second-order valence-electron chi connectivity index (χ2n) is 5.18. The molecule has 1 aromatic heterocycles. The molecular weight excluding hydrogens is 210 g/mol. The van der Waals surface area contributed by atoms with E-state index in [1.165, 1.54) is 37.8 Å². The van der Waals surface area contributed by atoms with Crippen LogP contribution in [0.4, 0.5) is 5.82 Å². The number of anilines is 1. The molecule has 2 fully saturated rings. The van der Waals surface area contributed by atoms with Gasteiger partial charge in [-0.25, -0.2) is 4.98 Å². The lowest BCUT2D eigenvalue weighted by atomic mass is 10.1. The Morgan fingerprint density at radius 3 is 2.88 bits per heavy atom. The minimum absolute atomic E-state index is 0.600. The Morgan fingerprint density at radius 1 is 1.35 bits per heavy atom. The molecule has 0 spiro atoms. The van der Waals surface area contributed by atoms with Crippen LogP contribution in [0.1, 0.15) is 44.2 Å². The van der Waals surface area contributed by atoms with E-state index in [4.69, 9.17) is 0 Å². The van der Waals surface area contributed by atoms with Crippen molar-refractivity contribution < 1.29 is 0 Å². The Kier molecular flexibility index (Phi) is 3.02. The van der Waals surface area contributed by atoms with Gasteiger partial charge in [-0.1, -0.05) is 13.0 Å². The average Bonchev–Trinajstić information content (AvgIpc) is 3.05. The highest BCUT2D eigenvalue weighted by atomic mass is 15.2. The lowest BCUT2D eigenvalue weighted by Crippen LogP contribution is -2.22. The summed E-state index contributed by atoms with van der Waals surface area (Å²) >= 11 is 0. The maximum absolute atomic E-state index is 4.53. The van der Waals surface area contributed by atoms with Gasteiger partial charge < -0.3 is 5.32 Å². The zero-order valence-corrected chi connectivity index (χ0v) is 10.5. The molecule has 2 heterocycles. The van der Waals surface area contributed by atoms with E-state index in [9.17, 15) is 0 Å². The van der Waals surface area contributed by atoms with Crippen LogP contribution in [-0.4, -0.2) is 29.0 Å². The summed E-state index contributed by atoms with van der Waals surface area (Å²) < 4.78 is 0. The summed E-state index contributed by atoms with van der Waals surface area (Å²) in [6.07, 6.45) is 7.26. The highest BCUT2D eigenvalue weighted by Gasteiger charge is 2.25. The fourth-order valence-corrected chi connectivity index (χ4v) is 2.71. The largest absolute Gasteiger partial charge is 0.367 e. The molecule has 92 valence electrons. The first kappa shape index (κ1) is 11.0. The maximum Gasteiger partial charge on any atom is 0.126 e. The summed E-state index contributed by atoms with van der Waals surface area (Å²) in [5.74, 6) is 1.04. The zero-order chi connectivity index (χ0) is 11.7. The van der Waals surface area contributed by atoms with Gasteiger partial charge in [-0.15, -0.1) is 0 Å². The maximum atomic E-state index is 4.53. The predicted molar refractivity (Wildman–Crippen MR) is 70.1 cm³/mol. The molecule has 0 unspecified atom stereocenters. The highest BCUT2D eigenvalue weighted by Crippen LogP contribution is 2.31. The van der Waals surface area contributed by atoms with Crippen molar-refractivity contribution >= 4 is 5.82 Å². The molecule has 17 heavy (non-hydrogen) atoms. The van der Waals surface area contributed by atoms with Gasteiger partial charge in [0.1, 0.15) is 5.82 Å². The van der Waals surface area contributed by atoms with Gasteiger partial charge in [0.25, 0.3) is 0 Å². The second kappa shape index (κ2) is 4.65. The fraction of sp³-hybridized carbons (Fsp3) is 0.643. The van der Waals surface area contributed by atoms with Crippen LogP contribution in [0.2, 0.25) is 0 Å². The first-order chi connectivity index (χ1) is 8.36. The van der Waals surface area contributed by atoms with Crippen molar-refractivity contribution in [1.29, 1.82) is 0 Å². The van der Waals surface area contributed by atoms with Crippen LogP contribution in [0.5, 0.6) is 0 Å². The summed E-state index contributed by atoms with van der Waals surface area (Å²) in [5.41, 5.74) is 1.38. The van der Waals surface area contributed by atoms with Gasteiger partial charge in [0.05, 0.1) is 0 Å². The topological polar surface area (TPSA) is 28.2 Å². The van der Waals surface area contributed by atoms with Crippen molar-refractivity contribution in [3.63, 3.8) is 0 Å². The molecule has 3 rings (SSSR count). The molecule has 1 saturated heterocycles. The fourth-order valence-electron chi connectivity index (χ4n) is 2.71. The summed E-state index contributed by atoms with van der Waals surface area (Å²) in [7, 11) is 0. The van der Waals surface area contributed by atoms with E-state index in [2.05, 4.69) is 40.5 Å². The van der Waals surface area contributed by atoms with Crippen molar-refractivity contribution in [2.24, 2.45) is 0 Å². The second-order valence-corrected chi connectivity index (χ2v) is 5.18. The molecule has 1 N–H and O–H groups in total. The molecule has 0 amide bonds. The van der Waals surface area contributed by atoms with Gasteiger partial charge >= 0.3 is 0 Å². The lowest BCUT2D eigenvalue weighted by Gasteiger charge is -2.22. The first-order valence-electron chi connectivity index (χ1n) is 6.83. The Bertz CT molecular complexity index is 370. The van der Waals surface area contributed by atoms with Crippen molar-refractivity contribution in [2.45, 2.75) is 44.7 Å². The molecule has 1 aromatic rings. The summed E-state index contributed by atoms with van der Waals surface area (Å²) in [4.78, 5) is 7.08. The molecule has 1 aliphatic carbocycles. The molecule has 1 aliphatic heterocycles. The third-order valence-corrected chi connectivity index (χ3v) is 3.87. The number of hydrogen-bond acceptors (Lipinski definition) is 3. The van der Waals surface area contributed by atoms with Crippen LogP contribution in [0.15, 0.2) is 18.3 Å².